The lowest BCUT2D eigenvalue weighted by molar-refractivity contribution is 0.322. The third kappa shape index (κ3) is 2.76. The van der Waals surface area contributed by atoms with Crippen LogP contribution in [0.3, 0.4) is 0 Å². The lowest BCUT2D eigenvalue weighted by Crippen LogP contribution is -2.33. The van der Waals surface area contributed by atoms with Gasteiger partial charge in [-0.2, -0.15) is 15.2 Å². The molecule has 140 valence electrons. The number of hydrogen-bond acceptors (Lipinski definition) is 6. The van der Waals surface area contributed by atoms with Crippen LogP contribution in [0.2, 0.25) is 0 Å². The molecule has 0 fully saturated rings. The van der Waals surface area contributed by atoms with Gasteiger partial charge in [-0.1, -0.05) is 42.5 Å². The monoisotopic (exact) mass is 383 g/mol. The van der Waals surface area contributed by atoms with E-state index in [0.717, 1.165) is 4.68 Å². The molecule has 1 unspecified atom stereocenters. The van der Waals surface area contributed by atoms with Crippen LogP contribution in [0.1, 0.15) is 11.5 Å². The van der Waals surface area contributed by atoms with Gasteiger partial charge in [0, 0.05) is 0 Å². The smallest absolute Gasteiger partial charge is 0.280 e. The second-order valence-corrected chi connectivity index (χ2v) is 6.29. The normalized spacial score (nSPS) is 16.3. The van der Waals surface area contributed by atoms with Crippen molar-refractivity contribution in [2.45, 2.75) is 5.92 Å². The zero-order valence-corrected chi connectivity index (χ0v) is 14.9. The van der Waals surface area contributed by atoms with Crippen molar-refractivity contribution in [2.75, 3.05) is 0 Å². The van der Waals surface area contributed by atoms with Crippen LogP contribution < -0.4 is 16.9 Å². The highest BCUT2D eigenvalue weighted by Gasteiger charge is 2.34. The van der Waals surface area contributed by atoms with Crippen LogP contribution >= 0.6 is 0 Å². The first-order valence-electron chi connectivity index (χ1n) is 8.58. The summed E-state index contributed by atoms with van der Waals surface area (Å²) in [5.74, 6) is -1.31. The summed E-state index contributed by atoms with van der Waals surface area (Å²) in [6.07, 6.45) is 0. The van der Waals surface area contributed by atoms with Gasteiger partial charge >= 0.3 is 0 Å². The van der Waals surface area contributed by atoms with Crippen LogP contribution in [0.15, 0.2) is 81.2 Å². The van der Waals surface area contributed by atoms with Crippen molar-refractivity contribution in [1.29, 1.82) is 10.5 Å². The van der Waals surface area contributed by atoms with E-state index in [4.69, 9.17) is 10.5 Å². The van der Waals surface area contributed by atoms with E-state index in [1.807, 2.05) is 12.1 Å². The van der Waals surface area contributed by atoms with Crippen LogP contribution in [-0.2, 0) is 4.74 Å². The number of H-pyrrole nitrogens is 1. The summed E-state index contributed by atoms with van der Waals surface area (Å²) in [4.78, 5) is 25.5. The number of ether oxygens (including phenoxy) is 1. The maximum absolute atomic E-state index is 13.0. The van der Waals surface area contributed by atoms with Crippen molar-refractivity contribution in [3.05, 3.63) is 97.9 Å². The number of nitrogens with zero attached hydrogens (tertiary/aromatic N) is 3. The summed E-state index contributed by atoms with van der Waals surface area (Å²) in [7, 11) is 0. The molecule has 3 aromatic rings. The largest absolute Gasteiger partial charge is 0.421 e. The molecule has 0 saturated carbocycles. The Morgan fingerprint density at radius 1 is 0.931 bits per heavy atom. The fourth-order valence-corrected chi connectivity index (χ4v) is 3.34. The molecule has 3 N–H and O–H groups in total. The zero-order chi connectivity index (χ0) is 20.5. The average Bonchev–Trinajstić information content (AvgIpc) is 2.76. The van der Waals surface area contributed by atoms with E-state index >= 15 is 0 Å². The first-order valence-corrected chi connectivity index (χ1v) is 8.58. The molecule has 8 nitrogen and oxygen atoms in total. The van der Waals surface area contributed by atoms with Gasteiger partial charge in [-0.3, -0.25) is 14.7 Å². The second-order valence-electron chi connectivity index (χ2n) is 6.29. The molecular formula is C21H13N5O3. The molecule has 2 aromatic carbocycles. The minimum atomic E-state index is -0.836. The quantitative estimate of drug-likeness (QED) is 0.693. The summed E-state index contributed by atoms with van der Waals surface area (Å²) in [5.41, 5.74) is 5.49. The van der Waals surface area contributed by atoms with Gasteiger partial charge in [0.1, 0.15) is 23.3 Å². The van der Waals surface area contributed by atoms with Crippen LogP contribution in [0.4, 0.5) is 0 Å². The maximum Gasteiger partial charge on any atom is 0.280 e. The number of aromatic amines is 1. The molecule has 1 aliphatic heterocycles. The molecule has 8 heteroatoms. The molecule has 2 heterocycles. The summed E-state index contributed by atoms with van der Waals surface area (Å²) in [6.45, 7) is 0. The molecule has 1 atom stereocenters. The fourth-order valence-electron chi connectivity index (χ4n) is 3.34. The molecule has 29 heavy (non-hydrogen) atoms. The Kier molecular flexibility index (Phi) is 4.23. The van der Waals surface area contributed by atoms with Crippen LogP contribution in [0.5, 0.6) is 0 Å². The number of nitrogens with one attached hydrogen (secondary N) is 1. The van der Waals surface area contributed by atoms with Gasteiger partial charge in [-0.25, -0.2) is 0 Å². The minimum Gasteiger partial charge on any atom is -0.421 e. The Morgan fingerprint density at radius 2 is 1.55 bits per heavy atom. The molecule has 0 amide bonds. The Morgan fingerprint density at radius 3 is 2.21 bits per heavy atom. The van der Waals surface area contributed by atoms with Gasteiger partial charge in [0.2, 0.25) is 11.8 Å². The molecule has 0 spiro atoms. The van der Waals surface area contributed by atoms with Gasteiger partial charge < -0.3 is 10.5 Å². The predicted octanol–water partition coefficient (Wildman–Crippen LogP) is 1.89. The number of rotatable bonds is 2. The third-order valence-electron chi connectivity index (χ3n) is 4.68. The van der Waals surface area contributed by atoms with Gasteiger partial charge in [0.25, 0.3) is 11.1 Å². The number of nitriles is 2. The van der Waals surface area contributed by atoms with E-state index in [1.54, 1.807) is 42.5 Å². The van der Waals surface area contributed by atoms with Gasteiger partial charge in [0.15, 0.2) is 0 Å². The minimum absolute atomic E-state index is 0.0185. The second kappa shape index (κ2) is 6.87. The fraction of sp³-hybridized carbons (Fsp3) is 0.0476. The number of fused-ring (bicyclic) bond motifs is 1. The highest BCUT2D eigenvalue weighted by molar-refractivity contribution is 5.81. The molecular weight excluding hydrogens is 370 g/mol. The van der Waals surface area contributed by atoms with Crippen molar-refractivity contribution in [1.82, 2.24) is 9.78 Å². The van der Waals surface area contributed by atoms with E-state index in [1.165, 1.54) is 12.1 Å². The highest BCUT2D eigenvalue weighted by atomic mass is 16.5. The van der Waals surface area contributed by atoms with E-state index in [0.29, 0.717) is 5.56 Å². The Bertz CT molecular complexity index is 1400. The number of aromatic nitrogens is 2. The summed E-state index contributed by atoms with van der Waals surface area (Å²) in [6, 6.07) is 19.1. The van der Waals surface area contributed by atoms with Gasteiger partial charge in [-0.05, 0) is 17.7 Å². The molecule has 4 rings (SSSR count). The van der Waals surface area contributed by atoms with Crippen LogP contribution in [0, 0.1) is 22.7 Å². The summed E-state index contributed by atoms with van der Waals surface area (Å²) in [5, 5.41) is 22.2. The Balaban J connectivity index is 2.05. The molecule has 0 saturated heterocycles. The Labute approximate surface area is 164 Å². The topological polar surface area (TPSA) is 138 Å². The van der Waals surface area contributed by atoms with E-state index in [9.17, 15) is 20.1 Å². The molecule has 0 radical (unpaired) electrons. The zero-order valence-electron chi connectivity index (χ0n) is 14.9. The first-order chi connectivity index (χ1) is 14.1. The summed E-state index contributed by atoms with van der Waals surface area (Å²) < 4.78 is 6.36. The third-order valence-corrected chi connectivity index (χ3v) is 4.68. The molecule has 1 aromatic heterocycles. The van der Waals surface area contributed by atoms with Crippen molar-refractivity contribution in [2.24, 2.45) is 5.73 Å². The van der Waals surface area contributed by atoms with E-state index < -0.39 is 17.0 Å². The number of nitrogens with two attached hydrogens (primary N) is 1. The predicted molar refractivity (Wildman–Crippen MR) is 105 cm³/mol. The standard InChI is InChI=1S/C21H13N5O3/c22-10-15-17(12-6-2-1-3-7-12)16(11-23)21(29-18(15)24)26-20(28)14-9-5-4-8-13(14)19(27)25-26/h1-9,17H,24H2,(H,25,27). The van der Waals surface area contributed by atoms with E-state index in [-0.39, 0.29) is 33.7 Å². The first kappa shape index (κ1) is 17.8. The SMILES string of the molecule is N#CC1=C(N)OC(n2[nH]c(=O)c3ccccc3c2=O)=C(C#N)C1c1ccccc1. The van der Waals surface area contributed by atoms with Crippen molar-refractivity contribution in [3.8, 4) is 12.1 Å². The molecule has 1 aliphatic rings. The molecule has 0 bridgehead atoms. The molecule has 0 aliphatic carbocycles. The van der Waals surface area contributed by atoms with Crippen LogP contribution in [-0.4, -0.2) is 9.78 Å². The van der Waals surface area contributed by atoms with Crippen molar-refractivity contribution >= 4 is 16.7 Å². The lowest BCUT2D eigenvalue weighted by Gasteiger charge is -2.26. The lowest BCUT2D eigenvalue weighted by atomic mass is 9.84. The number of benzene rings is 2. The van der Waals surface area contributed by atoms with Crippen molar-refractivity contribution < 1.29 is 4.74 Å². The van der Waals surface area contributed by atoms with E-state index in [2.05, 4.69) is 5.10 Å². The van der Waals surface area contributed by atoms with Crippen LogP contribution in [0.25, 0.3) is 16.7 Å². The maximum atomic E-state index is 13.0. The Hall–Kier alpha value is -4.56. The highest BCUT2D eigenvalue weighted by Crippen LogP contribution is 2.39. The summed E-state index contributed by atoms with van der Waals surface area (Å²) >= 11 is 0. The average molecular weight is 383 g/mol. The van der Waals surface area contributed by atoms with Gasteiger partial charge in [-0.15, -0.1) is 0 Å². The van der Waals surface area contributed by atoms with Gasteiger partial charge in [0.05, 0.1) is 16.7 Å². The number of allylic oxidation sites excluding steroid dienone is 2. The van der Waals surface area contributed by atoms with Crippen molar-refractivity contribution in [3.63, 3.8) is 0 Å². The number of hydrogen-bond donors (Lipinski definition) is 2.